The van der Waals surface area contributed by atoms with Crippen molar-refractivity contribution in [3.05, 3.63) is 248 Å². The van der Waals surface area contributed by atoms with Crippen molar-refractivity contribution in [2.75, 3.05) is 4.90 Å². The highest BCUT2D eigenvalue weighted by atomic mass is 15.1. The Morgan fingerprint density at radius 2 is 0.766 bits per heavy atom. The van der Waals surface area contributed by atoms with Gasteiger partial charge in [0.05, 0.1) is 0 Å². The molecule has 64 heavy (non-hydrogen) atoms. The van der Waals surface area contributed by atoms with Gasteiger partial charge in [0.15, 0.2) is 0 Å². The van der Waals surface area contributed by atoms with Gasteiger partial charge in [-0.1, -0.05) is 196 Å². The summed E-state index contributed by atoms with van der Waals surface area (Å²) in [5.74, 6) is 0. The topological polar surface area (TPSA) is 3.24 Å². The minimum atomic E-state index is -0.0501. The first kappa shape index (κ1) is 37.7. The van der Waals surface area contributed by atoms with Gasteiger partial charge >= 0.3 is 0 Å². The van der Waals surface area contributed by atoms with Crippen LogP contribution in [-0.4, -0.2) is 0 Å². The molecule has 1 nitrogen and oxygen atoms in total. The quantitative estimate of drug-likeness (QED) is 0.145. The van der Waals surface area contributed by atoms with Crippen LogP contribution in [0.3, 0.4) is 0 Å². The normalized spacial score (nSPS) is 12.7. The van der Waals surface area contributed by atoms with Gasteiger partial charge in [-0.3, -0.25) is 0 Å². The second-order valence-electron chi connectivity index (χ2n) is 17.7. The summed E-state index contributed by atoms with van der Waals surface area (Å²) in [7, 11) is 0. The molecule has 0 aliphatic heterocycles. The van der Waals surface area contributed by atoms with E-state index in [0.717, 1.165) is 17.1 Å². The zero-order valence-electron chi connectivity index (χ0n) is 36.0. The van der Waals surface area contributed by atoms with Crippen LogP contribution < -0.4 is 4.90 Å². The molecule has 0 saturated heterocycles. The average molecular weight is 816 g/mol. The van der Waals surface area contributed by atoms with Gasteiger partial charge in [-0.05, 0) is 154 Å². The van der Waals surface area contributed by atoms with E-state index in [-0.39, 0.29) is 5.41 Å². The molecule has 1 aliphatic rings. The smallest absolute Gasteiger partial charge is 0.0467 e. The third-order valence-corrected chi connectivity index (χ3v) is 13.6. The van der Waals surface area contributed by atoms with Crippen LogP contribution in [-0.2, 0) is 5.41 Å². The average Bonchev–Trinajstić information content (AvgIpc) is 3.59. The molecule has 0 aromatic heterocycles. The van der Waals surface area contributed by atoms with E-state index >= 15 is 0 Å². The summed E-state index contributed by atoms with van der Waals surface area (Å²) in [5.41, 5.74) is 18.4. The van der Waals surface area contributed by atoms with Crippen molar-refractivity contribution in [1.29, 1.82) is 0 Å². The monoisotopic (exact) mass is 815 g/mol. The lowest BCUT2D eigenvalue weighted by molar-refractivity contribution is 0.660. The Hall–Kier alpha value is -8.00. The molecule has 1 aliphatic carbocycles. The van der Waals surface area contributed by atoms with Crippen molar-refractivity contribution < 1.29 is 0 Å². The molecule has 0 saturated carbocycles. The minimum absolute atomic E-state index is 0.0501. The van der Waals surface area contributed by atoms with E-state index in [1.807, 2.05) is 0 Å². The van der Waals surface area contributed by atoms with Gasteiger partial charge < -0.3 is 4.90 Å². The van der Waals surface area contributed by atoms with Crippen LogP contribution in [0.25, 0.3) is 88.0 Å². The minimum Gasteiger partial charge on any atom is -0.310 e. The summed E-state index contributed by atoms with van der Waals surface area (Å²) in [6, 6.07) is 87.2. The molecule has 0 amide bonds. The maximum absolute atomic E-state index is 2.41. The van der Waals surface area contributed by atoms with Crippen molar-refractivity contribution in [2.45, 2.75) is 19.3 Å². The third kappa shape index (κ3) is 6.40. The number of anilines is 3. The van der Waals surface area contributed by atoms with E-state index in [2.05, 4.69) is 255 Å². The van der Waals surface area contributed by atoms with Crippen LogP contribution >= 0.6 is 0 Å². The van der Waals surface area contributed by atoms with Crippen LogP contribution in [0.5, 0.6) is 0 Å². The van der Waals surface area contributed by atoms with Crippen molar-refractivity contribution in [3.8, 4) is 55.6 Å². The first-order chi connectivity index (χ1) is 31.5. The molecule has 0 N–H and O–H groups in total. The molecule has 11 aromatic rings. The predicted octanol–water partition coefficient (Wildman–Crippen LogP) is 17.6. The largest absolute Gasteiger partial charge is 0.310 e. The molecule has 1 heteroatoms. The fourth-order valence-electron chi connectivity index (χ4n) is 10.3. The fourth-order valence-corrected chi connectivity index (χ4v) is 10.3. The van der Waals surface area contributed by atoms with E-state index in [0.29, 0.717) is 0 Å². The van der Waals surface area contributed by atoms with Crippen molar-refractivity contribution in [1.82, 2.24) is 0 Å². The van der Waals surface area contributed by atoms with Gasteiger partial charge in [-0.15, -0.1) is 0 Å². The molecule has 12 rings (SSSR count). The molecule has 0 fully saturated rings. The fraction of sp³-hybridized carbons (Fsp3) is 0.0476. The highest BCUT2D eigenvalue weighted by molar-refractivity contribution is 6.08. The van der Waals surface area contributed by atoms with Crippen molar-refractivity contribution in [3.63, 3.8) is 0 Å². The Balaban J connectivity index is 0.928. The summed E-state index contributed by atoms with van der Waals surface area (Å²) < 4.78 is 0. The lowest BCUT2D eigenvalue weighted by Crippen LogP contribution is -2.14. The van der Waals surface area contributed by atoms with Crippen LogP contribution in [0.2, 0.25) is 0 Å². The predicted molar refractivity (Wildman–Crippen MR) is 273 cm³/mol. The van der Waals surface area contributed by atoms with Crippen LogP contribution in [0.4, 0.5) is 17.1 Å². The highest BCUT2D eigenvalue weighted by Gasteiger charge is 2.35. The number of hydrogen-bond donors (Lipinski definition) is 0. The summed E-state index contributed by atoms with van der Waals surface area (Å²) in [5, 5.41) is 7.60. The molecule has 302 valence electrons. The zero-order chi connectivity index (χ0) is 42.8. The van der Waals surface area contributed by atoms with E-state index in [1.165, 1.54) is 99.1 Å². The Morgan fingerprint density at radius 3 is 1.55 bits per heavy atom. The Bertz CT molecular complexity index is 3570. The van der Waals surface area contributed by atoms with Gasteiger partial charge in [-0.2, -0.15) is 0 Å². The second-order valence-corrected chi connectivity index (χ2v) is 17.7. The third-order valence-electron chi connectivity index (χ3n) is 13.6. The maximum Gasteiger partial charge on any atom is 0.0467 e. The Morgan fingerprint density at radius 1 is 0.266 bits per heavy atom. The van der Waals surface area contributed by atoms with Gasteiger partial charge in [0.2, 0.25) is 0 Å². The zero-order valence-corrected chi connectivity index (χ0v) is 36.0. The van der Waals surface area contributed by atoms with Crippen LogP contribution in [0.1, 0.15) is 25.0 Å². The SMILES string of the molecule is CC1(C)c2ccccc2-c2ccc(-c3ccc(N(c4ccc(-c5ccc6c(ccc7ccccc76)c5)cc4)c4cccc(-c5cccc(-c6cccc7ccccc67)c5)c4)cc3)cc21. The molecule has 0 bridgehead atoms. The van der Waals surface area contributed by atoms with Gasteiger partial charge in [-0.25, -0.2) is 0 Å². The van der Waals surface area contributed by atoms with Crippen molar-refractivity contribution >= 4 is 49.4 Å². The molecule has 0 heterocycles. The van der Waals surface area contributed by atoms with Crippen LogP contribution in [0, 0.1) is 0 Å². The summed E-state index contributed by atoms with van der Waals surface area (Å²) in [4.78, 5) is 2.39. The number of fused-ring (bicyclic) bond motifs is 7. The van der Waals surface area contributed by atoms with E-state index in [1.54, 1.807) is 0 Å². The molecule has 0 radical (unpaired) electrons. The van der Waals surface area contributed by atoms with Gasteiger partial charge in [0.1, 0.15) is 0 Å². The first-order valence-electron chi connectivity index (χ1n) is 22.3. The number of nitrogens with zero attached hydrogens (tertiary/aromatic N) is 1. The second kappa shape index (κ2) is 15.1. The lowest BCUT2D eigenvalue weighted by Gasteiger charge is -2.26. The number of rotatable bonds is 7. The maximum atomic E-state index is 2.41. The van der Waals surface area contributed by atoms with Crippen molar-refractivity contribution in [2.24, 2.45) is 0 Å². The van der Waals surface area contributed by atoms with E-state index < -0.39 is 0 Å². The molecule has 0 spiro atoms. The molecule has 11 aromatic carbocycles. The summed E-state index contributed by atoms with van der Waals surface area (Å²) in [6.45, 7) is 4.70. The first-order valence-corrected chi connectivity index (χ1v) is 22.3. The van der Waals surface area contributed by atoms with Gasteiger partial charge in [0.25, 0.3) is 0 Å². The molecule has 0 unspecified atom stereocenters. The Labute approximate surface area is 375 Å². The summed E-state index contributed by atoms with van der Waals surface area (Å²) in [6.07, 6.45) is 0. The van der Waals surface area contributed by atoms with E-state index in [4.69, 9.17) is 0 Å². The Kier molecular flexibility index (Phi) is 8.91. The highest BCUT2D eigenvalue weighted by Crippen LogP contribution is 2.50. The van der Waals surface area contributed by atoms with Gasteiger partial charge in [0, 0.05) is 22.5 Å². The molecule has 0 atom stereocenters. The van der Waals surface area contributed by atoms with Crippen LogP contribution in [0.15, 0.2) is 237 Å². The number of benzene rings is 11. The standard InChI is InChI=1S/C63H45N/c1-63(2)61-23-8-7-21-59(61)60-37-31-49(41-62(60)63)43-28-34-53(35-29-43)64(52-32-26-42(27-33-52)48-30-36-58-51(39-48)25-24-45-13-4-6-20-56(45)58)54-18-10-16-47(40-54)46-15-9-17-50(38-46)57-22-11-14-44-12-3-5-19-55(44)57/h3-41H,1-2H3. The lowest BCUT2D eigenvalue weighted by atomic mass is 9.81. The number of hydrogen-bond acceptors (Lipinski definition) is 1. The van der Waals surface area contributed by atoms with E-state index in [9.17, 15) is 0 Å². The summed E-state index contributed by atoms with van der Waals surface area (Å²) >= 11 is 0. The molecular weight excluding hydrogens is 771 g/mol. The molecular formula is C63H45N.